The Labute approximate surface area is 101 Å². The summed E-state index contributed by atoms with van der Waals surface area (Å²) in [5.41, 5.74) is 1.23. The molecule has 1 fully saturated rings. The van der Waals surface area contributed by atoms with E-state index in [2.05, 4.69) is 10.6 Å². The van der Waals surface area contributed by atoms with Crippen molar-refractivity contribution in [3.05, 3.63) is 29.8 Å². The Morgan fingerprint density at radius 1 is 1.41 bits per heavy atom. The predicted octanol–water partition coefficient (Wildman–Crippen LogP) is 1.80. The van der Waals surface area contributed by atoms with Crippen LogP contribution in [0.4, 0.5) is 5.69 Å². The fourth-order valence-electron chi connectivity index (χ4n) is 2.11. The third-order valence-corrected chi connectivity index (χ3v) is 3.16. The van der Waals surface area contributed by atoms with E-state index < -0.39 is 5.97 Å². The first-order chi connectivity index (χ1) is 8.25. The number of nitrogens with one attached hydrogen (secondary N) is 2. The smallest absolute Gasteiger partial charge is 0.335 e. The average Bonchev–Trinajstić information content (AvgIpc) is 2.38. The molecule has 4 nitrogen and oxygen atoms in total. The van der Waals surface area contributed by atoms with Crippen LogP contribution in [0.2, 0.25) is 0 Å². The molecule has 1 saturated heterocycles. The molecule has 0 spiro atoms. The molecule has 17 heavy (non-hydrogen) atoms. The third-order valence-electron chi connectivity index (χ3n) is 3.16. The Bertz CT molecular complexity index is 387. The van der Waals surface area contributed by atoms with Crippen molar-refractivity contribution in [1.29, 1.82) is 0 Å². The molecular weight excluding hydrogens is 216 g/mol. The molecule has 92 valence electrons. The number of piperidine rings is 1. The molecule has 1 aliphatic rings. The van der Waals surface area contributed by atoms with Gasteiger partial charge in [0.2, 0.25) is 0 Å². The second kappa shape index (κ2) is 5.68. The maximum absolute atomic E-state index is 10.8. The maximum Gasteiger partial charge on any atom is 0.335 e. The minimum Gasteiger partial charge on any atom is -0.478 e. The van der Waals surface area contributed by atoms with E-state index in [4.69, 9.17) is 5.11 Å². The third kappa shape index (κ3) is 3.46. The molecule has 0 aromatic heterocycles. The lowest BCUT2D eigenvalue weighted by molar-refractivity contribution is 0.0697. The summed E-state index contributed by atoms with van der Waals surface area (Å²) in [5.74, 6) is -0.194. The summed E-state index contributed by atoms with van der Waals surface area (Å²) in [6.45, 7) is 3.09. The van der Waals surface area contributed by atoms with Crippen LogP contribution in [0.15, 0.2) is 24.3 Å². The van der Waals surface area contributed by atoms with Crippen LogP contribution in [0.25, 0.3) is 0 Å². The zero-order chi connectivity index (χ0) is 12.1. The second-order valence-corrected chi connectivity index (χ2v) is 4.46. The number of hydrogen-bond donors (Lipinski definition) is 3. The summed E-state index contributed by atoms with van der Waals surface area (Å²) >= 11 is 0. The van der Waals surface area contributed by atoms with E-state index in [0.717, 1.165) is 25.3 Å². The highest BCUT2D eigenvalue weighted by molar-refractivity contribution is 5.88. The van der Waals surface area contributed by atoms with Gasteiger partial charge in [-0.3, -0.25) is 0 Å². The minimum atomic E-state index is -0.879. The molecule has 1 aromatic carbocycles. The van der Waals surface area contributed by atoms with E-state index >= 15 is 0 Å². The second-order valence-electron chi connectivity index (χ2n) is 4.46. The average molecular weight is 234 g/mol. The Kier molecular flexibility index (Phi) is 3.98. The van der Waals surface area contributed by atoms with E-state index in [1.165, 1.54) is 12.8 Å². The lowest BCUT2D eigenvalue weighted by Gasteiger charge is -2.23. The van der Waals surface area contributed by atoms with E-state index in [9.17, 15) is 4.79 Å². The highest BCUT2D eigenvalue weighted by atomic mass is 16.4. The highest BCUT2D eigenvalue weighted by Gasteiger charge is 2.12. The van der Waals surface area contributed by atoms with Gasteiger partial charge in [0, 0.05) is 12.2 Å². The topological polar surface area (TPSA) is 61.4 Å². The van der Waals surface area contributed by atoms with Crippen molar-refractivity contribution in [2.45, 2.75) is 12.8 Å². The van der Waals surface area contributed by atoms with Gasteiger partial charge in [0.15, 0.2) is 0 Å². The minimum absolute atomic E-state index is 0.334. The Morgan fingerprint density at radius 2 is 2.18 bits per heavy atom. The SMILES string of the molecule is O=C(O)c1cccc(NCC2CCNCC2)c1. The molecule has 4 heteroatoms. The molecule has 0 unspecified atom stereocenters. The summed E-state index contributed by atoms with van der Waals surface area (Å²) in [6, 6.07) is 6.98. The molecule has 0 amide bonds. The summed E-state index contributed by atoms with van der Waals surface area (Å²) in [7, 11) is 0. The Balaban J connectivity index is 1.89. The standard InChI is InChI=1S/C13H18N2O2/c16-13(17)11-2-1-3-12(8-11)15-9-10-4-6-14-7-5-10/h1-3,8,10,14-15H,4-7,9H2,(H,16,17). The number of carboxylic acid groups (broad SMARTS) is 1. The van der Waals surface area contributed by atoms with Gasteiger partial charge in [0.05, 0.1) is 5.56 Å². The van der Waals surface area contributed by atoms with Crippen molar-refractivity contribution >= 4 is 11.7 Å². The van der Waals surface area contributed by atoms with Crippen LogP contribution in [0.1, 0.15) is 23.2 Å². The van der Waals surface area contributed by atoms with Crippen LogP contribution in [0.3, 0.4) is 0 Å². The number of hydrogen-bond acceptors (Lipinski definition) is 3. The fourth-order valence-corrected chi connectivity index (χ4v) is 2.11. The molecule has 0 aliphatic carbocycles. The van der Waals surface area contributed by atoms with Crippen LogP contribution < -0.4 is 10.6 Å². The highest BCUT2D eigenvalue weighted by Crippen LogP contribution is 2.15. The van der Waals surface area contributed by atoms with Crippen molar-refractivity contribution in [3.8, 4) is 0 Å². The van der Waals surface area contributed by atoms with E-state index in [0.29, 0.717) is 11.5 Å². The van der Waals surface area contributed by atoms with Gasteiger partial charge in [0.1, 0.15) is 0 Å². The van der Waals surface area contributed by atoms with Gasteiger partial charge in [-0.1, -0.05) is 6.07 Å². The van der Waals surface area contributed by atoms with Gasteiger partial charge in [-0.2, -0.15) is 0 Å². The first-order valence-electron chi connectivity index (χ1n) is 6.03. The molecular formula is C13H18N2O2. The molecule has 0 radical (unpaired) electrons. The Morgan fingerprint density at radius 3 is 2.88 bits per heavy atom. The normalized spacial score (nSPS) is 16.7. The summed E-state index contributed by atoms with van der Waals surface area (Å²) in [6.07, 6.45) is 2.37. The van der Waals surface area contributed by atoms with Crippen molar-refractivity contribution in [3.63, 3.8) is 0 Å². The number of benzene rings is 1. The maximum atomic E-state index is 10.8. The van der Waals surface area contributed by atoms with E-state index in [1.54, 1.807) is 18.2 Å². The molecule has 3 N–H and O–H groups in total. The molecule has 0 bridgehead atoms. The zero-order valence-corrected chi connectivity index (χ0v) is 9.78. The quantitative estimate of drug-likeness (QED) is 0.743. The van der Waals surface area contributed by atoms with E-state index in [-0.39, 0.29) is 0 Å². The largest absolute Gasteiger partial charge is 0.478 e. The van der Waals surface area contributed by atoms with Gasteiger partial charge in [-0.15, -0.1) is 0 Å². The first-order valence-corrected chi connectivity index (χ1v) is 6.03. The number of rotatable bonds is 4. The van der Waals surface area contributed by atoms with Crippen molar-refractivity contribution in [2.75, 3.05) is 25.0 Å². The number of carboxylic acids is 1. The van der Waals surface area contributed by atoms with Crippen molar-refractivity contribution in [1.82, 2.24) is 5.32 Å². The number of anilines is 1. The first kappa shape index (κ1) is 11.9. The molecule has 0 saturated carbocycles. The molecule has 0 atom stereocenters. The van der Waals surface area contributed by atoms with Crippen molar-refractivity contribution in [2.24, 2.45) is 5.92 Å². The van der Waals surface area contributed by atoms with E-state index in [1.807, 2.05) is 6.07 Å². The van der Waals surface area contributed by atoms with Gasteiger partial charge in [-0.25, -0.2) is 4.79 Å². The number of aromatic carboxylic acids is 1. The van der Waals surface area contributed by atoms with Gasteiger partial charge in [-0.05, 0) is 50.0 Å². The van der Waals surface area contributed by atoms with Crippen LogP contribution in [0, 0.1) is 5.92 Å². The van der Waals surface area contributed by atoms with Gasteiger partial charge < -0.3 is 15.7 Å². The van der Waals surface area contributed by atoms with Crippen LogP contribution in [-0.4, -0.2) is 30.7 Å². The zero-order valence-electron chi connectivity index (χ0n) is 9.78. The fraction of sp³-hybridized carbons (Fsp3) is 0.462. The molecule has 1 aliphatic heterocycles. The predicted molar refractivity (Wildman–Crippen MR) is 67.5 cm³/mol. The van der Waals surface area contributed by atoms with Crippen LogP contribution in [-0.2, 0) is 0 Å². The molecule has 1 heterocycles. The lowest BCUT2D eigenvalue weighted by atomic mass is 9.98. The summed E-state index contributed by atoms with van der Waals surface area (Å²) < 4.78 is 0. The van der Waals surface area contributed by atoms with Crippen molar-refractivity contribution < 1.29 is 9.90 Å². The molecule has 1 aromatic rings. The van der Waals surface area contributed by atoms with Gasteiger partial charge in [0.25, 0.3) is 0 Å². The van der Waals surface area contributed by atoms with Crippen LogP contribution in [0.5, 0.6) is 0 Å². The summed E-state index contributed by atoms with van der Waals surface area (Å²) in [4.78, 5) is 10.8. The van der Waals surface area contributed by atoms with Gasteiger partial charge >= 0.3 is 5.97 Å². The number of carbonyl (C=O) groups is 1. The molecule has 2 rings (SSSR count). The summed E-state index contributed by atoms with van der Waals surface area (Å²) in [5, 5.41) is 15.5. The Hall–Kier alpha value is -1.55. The monoisotopic (exact) mass is 234 g/mol. The van der Waals surface area contributed by atoms with Crippen LogP contribution >= 0.6 is 0 Å². The lowest BCUT2D eigenvalue weighted by Crippen LogP contribution is -2.31.